The van der Waals surface area contributed by atoms with Crippen molar-refractivity contribution < 1.29 is 56.3 Å². The zero-order valence-electron chi connectivity index (χ0n) is 12.5. The lowest BCUT2D eigenvalue weighted by atomic mass is 10.1. The minimum atomic E-state index is -7.52. The maximum Gasteiger partial charge on any atom is 0.460 e. The van der Waals surface area contributed by atoms with Crippen molar-refractivity contribution in [1.82, 2.24) is 0 Å². The van der Waals surface area contributed by atoms with E-state index < -0.39 is 58.0 Å². The molecule has 1 rings (SSSR count). The first-order valence-electron chi connectivity index (χ1n) is 6.22. The van der Waals surface area contributed by atoms with E-state index in [-0.39, 0.29) is 5.02 Å². The Morgan fingerprint density at radius 2 is 1.21 bits per heavy atom. The molecular weight excluding hydrogens is 502 g/mol. The molecule has 0 fully saturated rings. The molecule has 0 aliphatic carbocycles. The van der Waals surface area contributed by atoms with Gasteiger partial charge in [0.15, 0.2) is 14.9 Å². The average molecular weight is 507 g/mol. The smallest absolute Gasteiger partial charge is 0.223 e. The highest BCUT2D eigenvalue weighted by molar-refractivity contribution is 8.08. The van der Waals surface area contributed by atoms with Crippen molar-refractivity contribution in [2.75, 3.05) is 5.08 Å². The van der Waals surface area contributed by atoms with Gasteiger partial charge in [0.25, 0.3) is 0 Å². The molecule has 0 atom stereocenters. The molecule has 0 N–H and O–H groups in total. The first-order chi connectivity index (χ1) is 12.1. The molecule has 0 unspecified atom stereocenters. The highest BCUT2D eigenvalue weighted by atomic mass is 35.5. The van der Waals surface area contributed by atoms with Gasteiger partial charge in [0.05, 0.1) is 14.9 Å². The molecule has 1 aromatic rings. The molecule has 0 spiro atoms. The van der Waals surface area contributed by atoms with Gasteiger partial charge in [-0.05, 0) is 18.2 Å². The Labute approximate surface area is 161 Å². The van der Waals surface area contributed by atoms with Gasteiger partial charge in [-0.25, -0.2) is 16.8 Å². The van der Waals surface area contributed by atoms with E-state index in [1.165, 1.54) is 0 Å². The summed E-state index contributed by atoms with van der Waals surface area (Å²) in [6.45, 7) is 0. The van der Waals surface area contributed by atoms with Crippen LogP contribution in [0.1, 0.15) is 0 Å². The van der Waals surface area contributed by atoms with Crippen molar-refractivity contribution in [3.05, 3.63) is 28.2 Å². The first kappa shape index (κ1) is 25.1. The summed E-state index contributed by atoms with van der Waals surface area (Å²) in [4.78, 5) is -1.15. The quantitative estimate of drug-likeness (QED) is 0.530. The van der Waals surface area contributed by atoms with E-state index in [2.05, 4.69) is 0 Å². The SMILES string of the molecule is O=S(=O)(CS(=O)(=O)C(F)(F)C(F)(F)C(F)(F)C(F)(F)F)c1ccc(Cl)c(Cl)c1. The molecule has 0 aliphatic heterocycles. The van der Waals surface area contributed by atoms with Crippen LogP contribution in [0.4, 0.5) is 39.5 Å². The lowest BCUT2D eigenvalue weighted by Crippen LogP contribution is -2.63. The van der Waals surface area contributed by atoms with Crippen LogP contribution in [0.2, 0.25) is 10.0 Å². The van der Waals surface area contributed by atoms with Crippen molar-refractivity contribution in [3.63, 3.8) is 0 Å². The third kappa shape index (κ3) is 4.03. The van der Waals surface area contributed by atoms with Crippen molar-refractivity contribution in [3.8, 4) is 0 Å². The van der Waals surface area contributed by atoms with E-state index in [1.807, 2.05) is 0 Å². The third-order valence-corrected chi connectivity index (χ3v) is 8.30. The van der Waals surface area contributed by atoms with E-state index in [9.17, 15) is 56.3 Å². The molecule has 0 radical (unpaired) electrons. The Hall–Kier alpha value is -0.930. The Morgan fingerprint density at radius 3 is 1.61 bits per heavy atom. The number of alkyl halides is 9. The van der Waals surface area contributed by atoms with Gasteiger partial charge in [0.1, 0.15) is 0 Å². The molecule has 0 amide bonds. The van der Waals surface area contributed by atoms with E-state index >= 15 is 0 Å². The minimum absolute atomic E-state index is 0.287. The minimum Gasteiger partial charge on any atom is -0.223 e. The maximum atomic E-state index is 13.6. The molecule has 0 aliphatic rings. The fourth-order valence-corrected chi connectivity index (χ4v) is 5.80. The van der Waals surface area contributed by atoms with Gasteiger partial charge in [-0.2, -0.15) is 39.5 Å². The largest absolute Gasteiger partial charge is 0.460 e. The van der Waals surface area contributed by atoms with Crippen LogP contribution in [0.15, 0.2) is 23.1 Å². The second-order valence-electron chi connectivity index (χ2n) is 5.09. The third-order valence-electron chi connectivity index (χ3n) is 3.07. The molecule has 0 aromatic heterocycles. The van der Waals surface area contributed by atoms with E-state index in [0.717, 1.165) is 6.07 Å². The Morgan fingerprint density at radius 1 is 0.750 bits per heavy atom. The monoisotopic (exact) mass is 506 g/mol. The molecule has 0 bridgehead atoms. The van der Waals surface area contributed by atoms with Crippen LogP contribution in [-0.2, 0) is 19.7 Å². The second kappa shape index (κ2) is 7.09. The molecule has 162 valence electrons. The number of hydrogen-bond acceptors (Lipinski definition) is 4. The molecule has 0 heterocycles. The Kier molecular flexibility index (Phi) is 6.36. The molecule has 4 nitrogen and oxygen atoms in total. The van der Waals surface area contributed by atoms with Gasteiger partial charge >= 0.3 is 23.3 Å². The van der Waals surface area contributed by atoms with Crippen LogP contribution in [-0.4, -0.2) is 45.2 Å². The fraction of sp³-hybridized carbons (Fsp3) is 0.455. The first-order valence-corrected chi connectivity index (χ1v) is 10.3. The Bertz CT molecular complexity index is 972. The van der Waals surface area contributed by atoms with Crippen LogP contribution < -0.4 is 0 Å². The zero-order valence-corrected chi connectivity index (χ0v) is 15.7. The van der Waals surface area contributed by atoms with Crippen LogP contribution in [0.3, 0.4) is 0 Å². The van der Waals surface area contributed by atoms with Crippen molar-refractivity contribution >= 4 is 42.9 Å². The summed E-state index contributed by atoms with van der Waals surface area (Å²) < 4.78 is 162. The molecule has 28 heavy (non-hydrogen) atoms. The summed E-state index contributed by atoms with van der Waals surface area (Å²) in [5.41, 5.74) is 0. The number of rotatable bonds is 6. The number of hydrogen-bond donors (Lipinski definition) is 0. The average Bonchev–Trinajstić information content (AvgIpc) is 2.47. The van der Waals surface area contributed by atoms with E-state index in [1.54, 1.807) is 0 Å². The van der Waals surface area contributed by atoms with Crippen LogP contribution in [0.25, 0.3) is 0 Å². The van der Waals surface area contributed by atoms with Gasteiger partial charge < -0.3 is 0 Å². The van der Waals surface area contributed by atoms with Gasteiger partial charge in [0.2, 0.25) is 9.84 Å². The van der Waals surface area contributed by atoms with Gasteiger partial charge in [-0.1, -0.05) is 23.2 Å². The number of sulfone groups is 2. The number of benzene rings is 1. The highest BCUT2D eigenvalue weighted by Gasteiger charge is 2.85. The summed E-state index contributed by atoms with van der Waals surface area (Å²) in [5, 5.41) is -10.9. The van der Waals surface area contributed by atoms with Crippen molar-refractivity contribution in [2.45, 2.75) is 28.2 Å². The molecule has 1 aromatic carbocycles. The predicted octanol–water partition coefficient (Wildman–Crippen LogP) is 4.57. The standard InChI is InChI=1S/C11H5Cl2F9O4S2/c12-6-2-1-5(3-7(6)13)27(23,24)4-28(25,26)11(21,22)9(16,17)8(14,15)10(18,19)20/h1-3H,4H2. The molecule has 17 heteroatoms. The lowest BCUT2D eigenvalue weighted by molar-refractivity contribution is -0.382. The fourth-order valence-electron chi connectivity index (χ4n) is 1.57. The molecule has 0 saturated carbocycles. The summed E-state index contributed by atoms with van der Waals surface area (Å²) in [6.07, 6.45) is -7.27. The van der Waals surface area contributed by atoms with Gasteiger partial charge in [0, 0.05) is 0 Å². The summed E-state index contributed by atoms with van der Waals surface area (Å²) in [7, 11) is -12.6. The summed E-state index contributed by atoms with van der Waals surface area (Å²) in [6, 6.07) is 1.68. The molecular formula is C11H5Cl2F9O4S2. The maximum absolute atomic E-state index is 13.6. The van der Waals surface area contributed by atoms with Gasteiger partial charge in [-0.15, -0.1) is 0 Å². The van der Waals surface area contributed by atoms with Gasteiger partial charge in [-0.3, -0.25) is 0 Å². The highest BCUT2D eigenvalue weighted by Crippen LogP contribution is 2.55. The molecule has 0 saturated heterocycles. The topological polar surface area (TPSA) is 68.3 Å². The van der Waals surface area contributed by atoms with E-state index in [0.29, 0.717) is 12.1 Å². The van der Waals surface area contributed by atoms with Crippen molar-refractivity contribution in [2.24, 2.45) is 0 Å². The van der Waals surface area contributed by atoms with Crippen LogP contribution >= 0.6 is 23.2 Å². The number of halogens is 11. The Balaban J connectivity index is 3.46. The van der Waals surface area contributed by atoms with Crippen LogP contribution in [0.5, 0.6) is 0 Å². The summed E-state index contributed by atoms with van der Waals surface area (Å²) in [5.74, 6) is -15.0. The lowest BCUT2D eigenvalue weighted by Gasteiger charge is -2.33. The second-order valence-corrected chi connectivity index (χ2v) is 10.3. The van der Waals surface area contributed by atoms with Crippen molar-refractivity contribution in [1.29, 1.82) is 0 Å². The van der Waals surface area contributed by atoms with E-state index in [4.69, 9.17) is 23.2 Å². The summed E-state index contributed by atoms with van der Waals surface area (Å²) >= 11 is 10.9. The predicted molar refractivity (Wildman–Crippen MR) is 78.3 cm³/mol. The normalized spacial score (nSPS) is 15.0. The zero-order chi connectivity index (χ0) is 22.6. The van der Waals surface area contributed by atoms with Crippen LogP contribution in [0, 0.1) is 0 Å².